The summed E-state index contributed by atoms with van der Waals surface area (Å²) >= 11 is 5.06. The topological polar surface area (TPSA) is 49.4 Å². The number of hydrogen-bond acceptors (Lipinski definition) is 3. The molecule has 0 spiro atoms. The number of hydrogen-bond donors (Lipinski definition) is 0. The third kappa shape index (κ3) is 5.91. The summed E-state index contributed by atoms with van der Waals surface area (Å²) in [5, 5.41) is 0. The maximum absolute atomic E-state index is 9.55. The van der Waals surface area contributed by atoms with Crippen molar-refractivity contribution in [3.8, 4) is 0 Å². The van der Waals surface area contributed by atoms with Crippen LogP contribution < -0.4 is 4.80 Å². The minimum absolute atomic E-state index is 0.0862. The van der Waals surface area contributed by atoms with Crippen LogP contribution in [-0.2, 0) is 8.89 Å². The van der Waals surface area contributed by atoms with Gasteiger partial charge in [0.15, 0.2) is 0 Å². The molecule has 0 N–H and O–H groups in total. The van der Waals surface area contributed by atoms with Gasteiger partial charge in [-0.15, -0.1) is 11.6 Å². The van der Waals surface area contributed by atoms with Gasteiger partial charge < -0.3 is 13.7 Å². The minimum Gasteiger partial charge on any atom is -0.587 e. The molecule has 0 rings (SSSR count). The zero-order chi connectivity index (χ0) is 5.70. The Bertz CT molecular complexity index is 66.0. The molecule has 0 saturated carbocycles. The molecule has 0 saturated heterocycles. The summed E-state index contributed by atoms with van der Waals surface area (Å²) < 4.78 is 13.6. The Balaban J connectivity index is 2.82. The second-order valence-electron chi connectivity index (χ2n) is 0.787. The Morgan fingerprint density at radius 2 is 2.43 bits per heavy atom. The summed E-state index contributed by atoms with van der Waals surface area (Å²) in [5.41, 5.74) is 0. The maximum atomic E-state index is 9.55. The lowest BCUT2D eigenvalue weighted by Crippen LogP contribution is -2.24. The molecule has 0 aliphatic carbocycles. The van der Waals surface area contributed by atoms with E-state index >= 15 is 0 Å². The molecule has 0 atom stereocenters. The molecule has 0 radical (unpaired) electrons. The van der Waals surface area contributed by atoms with Crippen LogP contribution in [0.1, 0.15) is 0 Å². The molecular formula is C2H4ClO3Si-. The molecule has 0 amide bonds. The standard InChI is InChI=1S/C2H4ClO3Si/c3-1-2-6-7(4)5/h1-2H2/q-1. The Morgan fingerprint density at radius 1 is 1.86 bits per heavy atom. The Labute approximate surface area is 47.8 Å². The zero-order valence-corrected chi connectivity index (χ0v) is 5.27. The highest BCUT2D eigenvalue weighted by Gasteiger charge is 1.81. The monoisotopic (exact) mass is 139 g/mol. The lowest BCUT2D eigenvalue weighted by Gasteiger charge is -2.01. The number of halogens is 1. The highest BCUT2D eigenvalue weighted by molar-refractivity contribution is 6.22. The van der Waals surface area contributed by atoms with Crippen molar-refractivity contribution in [2.75, 3.05) is 12.5 Å². The molecular weight excluding hydrogens is 136 g/mol. The third-order valence-corrected chi connectivity index (χ3v) is 0.891. The average molecular weight is 140 g/mol. The van der Waals surface area contributed by atoms with E-state index in [1.165, 1.54) is 0 Å². The van der Waals surface area contributed by atoms with Crippen molar-refractivity contribution in [2.45, 2.75) is 0 Å². The van der Waals surface area contributed by atoms with Crippen molar-refractivity contribution in [2.24, 2.45) is 0 Å². The van der Waals surface area contributed by atoms with E-state index in [1.807, 2.05) is 0 Å². The summed E-state index contributed by atoms with van der Waals surface area (Å²) in [6, 6.07) is 0. The molecule has 0 bridgehead atoms. The van der Waals surface area contributed by atoms with E-state index in [9.17, 15) is 9.26 Å². The lowest BCUT2D eigenvalue weighted by molar-refractivity contribution is -0.228. The van der Waals surface area contributed by atoms with Gasteiger partial charge in [0.2, 0.25) is 0 Å². The number of alkyl halides is 1. The van der Waals surface area contributed by atoms with Crippen LogP contribution in [0.3, 0.4) is 0 Å². The van der Waals surface area contributed by atoms with Gasteiger partial charge in [0.1, 0.15) is 0 Å². The summed E-state index contributed by atoms with van der Waals surface area (Å²) in [6.07, 6.45) is 0. The first-order chi connectivity index (χ1) is 3.27. The van der Waals surface area contributed by atoms with E-state index in [2.05, 4.69) is 4.43 Å². The van der Waals surface area contributed by atoms with Crippen LogP contribution in [0.4, 0.5) is 0 Å². The quantitative estimate of drug-likeness (QED) is 0.373. The largest absolute Gasteiger partial charge is 0.587 e. The molecule has 0 heterocycles. The maximum Gasteiger partial charge on any atom is 0.413 e. The Kier molecular flexibility index (Phi) is 4.02. The van der Waals surface area contributed by atoms with Gasteiger partial charge in [0.25, 0.3) is 0 Å². The van der Waals surface area contributed by atoms with E-state index in [0.29, 0.717) is 0 Å². The highest BCUT2D eigenvalue weighted by Crippen LogP contribution is 1.73. The number of rotatable bonds is 3. The fraction of sp³-hybridized carbons (Fsp3) is 1.00. The van der Waals surface area contributed by atoms with Crippen molar-refractivity contribution in [1.82, 2.24) is 0 Å². The van der Waals surface area contributed by atoms with E-state index in [0.717, 1.165) is 0 Å². The van der Waals surface area contributed by atoms with Gasteiger partial charge in [0.05, 0.1) is 0 Å². The van der Waals surface area contributed by atoms with Gasteiger partial charge in [-0.2, -0.15) is 0 Å². The summed E-state index contributed by atoms with van der Waals surface area (Å²) in [4.78, 5) is 9.55. The van der Waals surface area contributed by atoms with Gasteiger partial charge in [-0.1, -0.05) is 0 Å². The second-order valence-corrected chi connectivity index (χ2v) is 1.95. The predicted molar refractivity (Wildman–Crippen MR) is 23.1 cm³/mol. The molecule has 0 aliphatic heterocycles. The molecule has 42 valence electrons. The molecule has 0 unspecified atom stereocenters. The van der Waals surface area contributed by atoms with E-state index in [4.69, 9.17) is 11.6 Å². The molecule has 0 aromatic heterocycles. The van der Waals surface area contributed by atoms with Gasteiger partial charge >= 0.3 is 9.17 Å². The summed E-state index contributed by atoms with van der Waals surface area (Å²) in [6.45, 7) is 0.0862. The van der Waals surface area contributed by atoms with Gasteiger partial charge in [-0.05, 0) is 0 Å². The smallest absolute Gasteiger partial charge is 0.413 e. The second kappa shape index (κ2) is 4.08. The van der Waals surface area contributed by atoms with Gasteiger partial charge in [0, 0.05) is 12.5 Å². The fourth-order valence-electron chi connectivity index (χ4n) is 0.122. The van der Waals surface area contributed by atoms with Crippen LogP contribution in [0.15, 0.2) is 0 Å². The zero-order valence-electron chi connectivity index (χ0n) is 3.52. The van der Waals surface area contributed by atoms with Crippen LogP contribution in [-0.4, -0.2) is 21.7 Å². The lowest BCUT2D eigenvalue weighted by atomic mass is 10.9. The molecule has 5 heteroatoms. The average Bonchev–Trinajstić information content (AvgIpc) is 1.61. The van der Waals surface area contributed by atoms with Crippen molar-refractivity contribution in [3.63, 3.8) is 0 Å². The van der Waals surface area contributed by atoms with Gasteiger partial charge in [-0.3, -0.25) is 0 Å². The first-order valence-corrected chi connectivity index (χ1v) is 3.43. The normalized spacial score (nSPS) is 8.14. The van der Waals surface area contributed by atoms with Crippen LogP contribution in [0.2, 0.25) is 0 Å². The van der Waals surface area contributed by atoms with E-state index < -0.39 is 9.17 Å². The van der Waals surface area contributed by atoms with Gasteiger partial charge in [-0.25, -0.2) is 0 Å². The molecule has 0 aromatic rings. The minimum atomic E-state index is -2.98. The fourth-order valence-corrected chi connectivity index (χ4v) is 0.597. The first-order valence-electron chi connectivity index (χ1n) is 1.67. The van der Waals surface area contributed by atoms with Crippen LogP contribution in [0.5, 0.6) is 0 Å². The summed E-state index contributed by atoms with van der Waals surface area (Å²) in [5.74, 6) is 0.221. The van der Waals surface area contributed by atoms with Crippen LogP contribution in [0, 0.1) is 0 Å². The van der Waals surface area contributed by atoms with E-state index in [-0.39, 0.29) is 12.5 Å². The van der Waals surface area contributed by atoms with Crippen molar-refractivity contribution in [3.05, 3.63) is 0 Å². The first kappa shape index (κ1) is 6.91. The molecule has 0 aliphatic rings. The summed E-state index contributed by atoms with van der Waals surface area (Å²) in [7, 11) is -2.98. The molecule has 3 nitrogen and oxygen atoms in total. The van der Waals surface area contributed by atoms with Crippen molar-refractivity contribution >= 4 is 20.8 Å². The molecule has 0 aromatic carbocycles. The van der Waals surface area contributed by atoms with Crippen molar-refractivity contribution < 1.29 is 13.7 Å². The predicted octanol–water partition coefficient (Wildman–Crippen LogP) is -0.983. The van der Waals surface area contributed by atoms with Crippen molar-refractivity contribution in [1.29, 1.82) is 0 Å². The third-order valence-electron chi connectivity index (χ3n) is 0.297. The Morgan fingerprint density at radius 3 is 2.57 bits per heavy atom. The van der Waals surface area contributed by atoms with Crippen LogP contribution in [0.25, 0.3) is 0 Å². The SMILES string of the molecule is O=[Si]([O-])OCCCl. The van der Waals surface area contributed by atoms with Crippen LogP contribution >= 0.6 is 11.6 Å². The highest BCUT2D eigenvalue weighted by atomic mass is 35.5. The van der Waals surface area contributed by atoms with E-state index in [1.54, 1.807) is 0 Å². The Hall–Kier alpha value is -0.0931. The molecule has 0 fully saturated rings. The molecule has 7 heavy (non-hydrogen) atoms.